The minimum atomic E-state index is -3.51. The van der Waals surface area contributed by atoms with Crippen molar-refractivity contribution in [1.82, 2.24) is 0 Å². The quantitative estimate of drug-likeness (QED) is 0.549. The Morgan fingerprint density at radius 2 is 1.56 bits per heavy atom. The molecule has 5 nitrogen and oxygen atoms in total. The Hall–Kier alpha value is -2.18. The number of ketones is 1. The summed E-state index contributed by atoms with van der Waals surface area (Å²) >= 11 is 6.00. The number of Topliss-reactive ketones (excluding diaryl/α,β-unsaturated/α-hetero) is 1. The number of ether oxygens (including phenoxy) is 1. The molecule has 0 saturated carbocycles. The van der Waals surface area contributed by atoms with Gasteiger partial charge in [-0.05, 0) is 68.7 Å². The maximum absolute atomic E-state index is 12.7. The Labute approximate surface area is 164 Å². The summed E-state index contributed by atoms with van der Waals surface area (Å²) in [6.07, 6.45) is -0.0173. The second-order valence-electron chi connectivity index (χ2n) is 6.58. The lowest BCUT2D eigenvalue weighted by Crippen LogP contribution is -2.25. The fraction of sp³-hybridized carbons (Fsp3) is 0.300. The molecule has 1 unspecified atom stereocenters. The van der Waals surface area contributed by atoms with Gasteiger partial charge in [-0.15, -0.1) is 0 Å². The van der Waals surface area contributed by atoms with Crippen LogP contribution in [0.1, 0.15) is 44.3 Å². The molecule has 0 saturated heterocycles. The number of carbonyl (C=O) groups is 2. The summed E-state index contributed by atoms with van der Waals surface area (Å²) in [7, 11) is -3.51. The monoisotopic (exact) mass is 408 g/mol. The van der Waals surface area contributed by atoms with Crippen LogP contribution < -0.4 is 0 Å². The van der Waals surface area contributed by atoms with Gasteiger partial charge in [0.15, 0.2) is 15.9 Å². The first-order valence-corrected chi connectivity index (χ1v) is 10.5. The van der Waals surface area contributed by atoms with E-state index in [1.54, 1.807) is 6.07 Å². The first-order chi connectivity index (χ1) is 12.4. The third-order valence-electron chi connectivity index (χ3n) is 4.35. The van der Waals surface area contributed by atoms with Crippen LogP contribution in [0.3, 0.4) is 0 Å². The molecule has 0 spiro atoms. The zero-order valence-electron chi connectivity index (χ0n) is 15.8. The predicted molar refractivity (Wildman–Crippen MR) is 104 cm³/mol. The van der Waals surface area contributed by atoms with E-state index in [1.165, 1.54) is 19.1 Å². The molecule has 2 rings (SSSR count). The molecule has 2 aromatic carbocycles. The lowest BCUT2D eigenvalue weighted by molar-refractivity contribution is 0.0318. The third-order valence-corrected chi connectivity index (χ3v) is 5.78. The molecule has 27 heavy (non-hydrogen) atoms. The average molecular weight is 409 g/mol. The molecular formula is C20H21ClO5S. The highest BCUT2D eigenvalue weighted by Crippen LogP contribution is 2.23. The van der Waals surface area contributed by atoms with Gasteiger partial charge in [-0.1, -0.05) is 17.7 Å². The van der Waals surface area contributed by atoms with Crippen LogP contribution in [0, 0.1) is 20.8 Å². The predicted octanol–water partition coefficient (Wildman–Crippen LogP) is 4.10. The number of carbonyl (C=O) groups excluding carboxylic acids is 2. The van der Waals surface area contributed by atoms with Crippen molar-refractivity contribution in [3.8, 4) is 0 Å². The molecule has 0 heterocycles. The second-order valence-corrected chi connectivity index (χ2v) is 9.00. The zero-order valence-corrected chi connectivity index (χ0v) is 17.4. The average Bonchev–Trinajstić information content (AvgIpc) is 2.56. The van der Waals surface area contributed by atoms with Crippen molar-refractivity contribution < 1.29 is 22.7 Å². The molecule has 0 radical (unpaired) electrons. The normalized spacial score (nSPS) is 12.5. The van der Waals surface area contributed by atoms with E-state index in [1.807, 2.05) is 26.8 Å². The van der Waals surface area contributed by atoms with Crippen molar-refractivity contribution in [2.24, 2.45) is 0 Å². The fourth-order valence-electron chi connectivity index (χ4n) is 2.61. The molecule has 0 aliphatic rings. The molecule has 0 aromatic heterocycles. The number of aryl methyl sites for hydroxylation is 3. The van der Waals surface area contributed by atoms with E-state index in [0.717, 1.165) is 29.0 Å². The largest absolute Gasteiger partial charge is 0.451 e. The molecule has 0 aliphatic carbocycles. The van der Waals surface area contributed by atoms with E-state index in [-0.39, 0.29) is 21.3 Å². The van der Waals surface area contributed by atoms with Crippen molar-refractivity contribution in [2.45, 2.75) is 38.7 Å². The van der Waals surface area contributed by atoms with Gasteiger partial charge < -0.3 is 4.74 Å². The Morgan fingerprint density at radius 3 is 2.15 bits per heavy atom. The van der Waals surface area contributed by atoms with Gasteiger partial charge in [0.05, 0.1) is 15.5 Å². The number of halogens is 1. The minimum absolute atomic E-state index is 0.0504. The van der Waals surface area contributed by atoms with Gasteiger partial charge in [0.2, 0.25) is 5.78 Å². The standard InChI is InChI=1S/C20H21ClO5S/c1-11-8-13(3)16(9-12(11)2)19(22)14(4)26-20(23)17-10-15(27(5,24)25)6-7-18(17)21/h6-10,14H,1-5H3. The molecule has 0 bridgehead atoms. The summed E-state index contributed by atoms with van der Waals surface area (Å²) in [5.41, 5.74) is 3.21. The topological polar surface area (TPSA) is 77.5 Å². The summed E-state index contributed by atoms with van der Waals surface area (Å²) < 4.78 is 28.6. The summed E-state index contributed by atoms with van der Waals surface area (Å²) in [4.78, 5) is 25.1. The van der Waals surface area contributed by atoms with Crippen LogP contribution in [0.15, 0.2) is 35.2 Å². The fourth-order valence-corrected chi connectivity index (χ4v) is 3.46. The molecule has 0 fully saturated rings. The SMILES string of the molecule is Cc1cc(C)c(C(=O)C(C)OC(=O)c2cc(S(C)(=O)=O)ccc2Cl)cc1C. The molecule has 0 amide bonds. The Balaban J connectivity index is 2.28. The van der Waals surface area contributed by atoms with Crippen molar-refractivity contribution in [2.75, 3.05) is 6.26 Å². The van der Waals surface area contributed by atoms with Crippen LogP contribution in [-0.4, -0.2) is 32.5 Å². The van der Waals surface area contributed by atoms with E-state index in [0.29, 0.717) is 5.56 Å². The van der Waals surface area contributed by atoms with Crippen LogP contribution in [0.2, 0.25) is 5.02 Å². The van der Waals surface area contributed by atoms with Gasteiger partial charge in [-0.3, -0.25) is 4.79 Å². The minimum Gasteiger partial charge on any atom is -0.451 e. The van der Waals surface area contributed by atoms with Crippen molar-refractivity contribution in [3.63, 3.8) is 0 Å². The Kier molecular flexibility index (Phi) is 6.12. The van der Waals surface area contributed by atoms with Crippen molar-refractivity contribution >= 4 is 33.2 Å². The highest BCUT2D eigenvalue weighted by Gasteiger charge is 2.24. The third kappa shape index (κ3) is 4.76. The van der Waals surface area contributed by atoms with Gasteiger partial charge in [-0.2, -0.15) is 0 Å². The number of esters is 1. The second kappa shape index (κ2) is 7.82. The number of hydrogen-bond donors (Lipinski definition) is 0. The van der Waals surface area contributed by atoms with Crippen molar-refractivity contribution in [3.05, 3.63) is 63.2 Å². The first kappa shape index (κ1) is 21.1. The summed E-state index contributed by atoms with van der Waals surface area (Å²) in [5, 5.41) is 0.0504. The number of hydrogen-bond acceptors (Lipinski definition) is 5. The first-order valence-electron chi connectivity index (χ1n) is 8.24. The van der Waals surface area contributed by atoms with Crippen LogP contribution in [-0.2, 0) is 14.6 Å². The zero-order chi connectivity index (χ0) is 20.5. The van der Waals surface area contributed by atoms with E-state index in [2.05, 4.69) is 0 Å². The van der Waals surface area contributed by atoms with Crippen molar-refractivity contribution in [1.29, 1.82) is 0 Å². The van der Waals surface area contributed by atoms with Gasteiger partial charge >= 0.3 is 5.97 Å². The van der Waals surface area contributed by atoms with Gasteiger partial charge in [0.25, 0.3) is 0 Å². The van der Waals surface area contributed by atoms with E-state index in [4.69, 9.17) is 16.3 Å². The van der Waals surface area contributed by atoms with Gasteiger partial charge in [0.1, 0.15) is 0 Å². The maximum atomic E-state index is 12.7. The summed E-state index contributed by atoms with van der Waals surface area (Å²) in [6.45, 7) is 7.15. The number of rotatable bonds is 5. The summed E-state index contributed by atoms with van der Waals surface area (Å²) in [6, 6.07) is 7.45. The molecule has 144 valence electrons. The molecule has 0 N–H and O–H groups in total. The lowest BCUT2D eigenvalue weighted by atomic mass is 9.96. The Bertz CT molecular complexity index is 1020. The Morgan fingerprint density at radius 1 is 0.963 bits per heavy atom. The molecule has 0 aliphatic heterocycles. The van der Waals surface area contributed by atoms with E-state index >= 15 is 0 Å². The van der Waals surface area contributed by atoms with E-state index in [9.17, 15) is 18.0 Å². The van der Waals surface area contributed by atoms with Crippen LogP contribution in [0.4, 0.5) is 0 Å². The number of benzene rings is 2. The van der Waals surface area contributed by atoms with Gasteiger partial charge in [-0.25, -0.2) is 13.2 Å². The molecule has 7 heteroatoms. The molecule has 1 atom stereocenters. The lowest BCUT2D eigenvalue weighted by Gasteiger charge is -2.16. The number of sulfone groups is 1. The van der Waals surface area contributed by atoms with E-state index < -0.39 is 21.9 Å². The maximum Gasteiger partial charge on any atom is 0.340 e. The van der Waals surface area contributed by atoms with Crippen LogP contribution >= 0.6 is 11.6 Å². The highest BCUT2D eigenvalue weighted by molar-refractivity contribution is 7.90. The van der Waals surface area contributed by atoms with Gasteiger partial charge in [0, 0.05) is 11.8 Å². The van der Waals surface area contributed by atoms with Crippen LogP contribution in [0.5, 0.6) is 0 Å². The molecular weight excluding hydrogens is 388 g/mol. The summed E-state index contributed by atoms with van der Waals surface area (Å²) in [5.74, 6) is -1.19. The van der Waals surface area contributed by atoms with Crippen LogP contribution in [0.25, 0.3) is 0 Å². The smallest absolute Gasteiger partial charge is 0.340 e. The highest BCUT2D eigenvalue weighted by atomic mass is 35.5. The molecule has 2 aromatic rings.